The highest BCUT2D eigenvalue weighted by Gasteiger charge is 2.04. The van der Waals surface area contributed by atoms with Gasteiger partial charge >= 0.3 is 0 Å². The van der Waals surface area contributed by atoms with Gasteiger partial charge in [-0.25, -0.2) is 5.43 Å². The molecule has 0 aliphatic rings. The van der Waals surface area contributed by atoms with Crippen LogP contribution in [-0.2, 0) is 4.79 Å². The van der Waals surface area contributed by atoms with Crippen molar-refractivity contribution in [3.8, 4) is 5.75 Å². The van der Waals surface area contributed by atoms with E-state index in [-0.39, 0.29) is 12.5 Å². The molecular formula is C19H23N3O2. The number of methoxy groups -OCH3 is 1. The first kappa shape index (κ1) is 17.5. The molecule has 0 unspecified atom stereocenters. The molecule has 5 nitrogen and oxygen atoms in total. The number of hydrogen-bond acceptors (Lipinski definition) is 4. The van der Waals surface area contributed by atoms with Gasteiger partial charge in [-0.05, 0) is 29.2 Å². The maximum atomic E-state index is 11.8. The maximum Gasteiger partial charge on any atom is 0.259 e. The Kier molecular flexibility index (Phi) is 6.37. The zero-order chi connectivity index (χ0) is 17.4. The van der Waals surface area contributed by atoms with E-state index in [2.05, 4.69) is 41.8 Å². The number of rotatable bonds is 7. The Morgan fingerprint density at radius 2 is 1.88 bits per heavy atom. The number of carbonyl (C=O) groups excluding carboxylic acids is 1. The fourth-order valence-corrected chi connectivity index (χ4v) is 2.15. The third kappa shape index (κ3) is 5.12. The first-order valence-electron chi connectivity index (χ1n) is 7.89. The lowest BCUT2D eigenvalue weighted by molar-refractivity contribution is -0.119. The van der Waals surface area contributed by atoms with Crippen LogP contribution in [0.15, 0.2) is 53.6 Å². The Hall–Kier alpha value is -2.82. The van der Waals surface area contributed by atoms with Crippen LogP contribution in [0, 0.1) is 0 Å². The summed E-state index contributed by atoms with van der Waals surface area (Å²) in [6.07, 6.45) is 1.63. The molecule has 2 rings (SSSR count). The molecule has 0 fully saturated rings. The number of hydrogen-bond donors (Lipinski definition) is 2. The maximum absolute atomic E-state index is 11.8. The van der Waals surface area contributed by atoms with Gasteiger partial charge in [0.05, 0.1) is 25.6 Å². The van der Waals surface area contributed by atoms with Gasteiger partial charge < -0.3 is 10.1 Å². The molecule has 0 aliphatic carbocycles. The van der Waals surface area contributed by atoms with Crippen molar-refractivity contribution in [2.75, 3.05) is 19.0 Å². The SMILES string of the molecule is COc1ccccc1NCC(=O)N/N=C\c1ccc(C(C)C)cc1. The first-order valence-corrected chi connectivity index (χ1v) is 7.89. The number of anilines is 1. The van der Waals surface area contributed by atoms with Crippen molar-refractivity contribution in [1.82, 2.24) is 5.43 Å². The summed E-state index contributed by atoms with van der Waals surface area (Å²) in [5, 5.41) is 7.00. The van der Waals surface area contributed by atoms with Crippen molar-refractivity contribution in [2.24, 2.45) is 5.10 Å². The van der Waals surface area contributed by atoms with Crippen LogP contribution in [0.5, 0.6) is 5.75 Å². The van der Waals surface area contributed by atoms with Crippen LogP contribution in [-0.4, -0.2) is 25.8 Å². The second kappa shape index (κ2) is 8.72. The highest BCUT2D eigenvalue weighted by atomic mass is 16.5. The van der Waals surface area contributed by atoms with E-state index in [0.29, 0.717) is 11.7 Å². The van der Waals surface area contributed by atoms with Crippen molar-refractivity contribution in [3.63, 3.8) is 0 Å². The summed E-state index contributed by atoms with van der Waals surface area (Å²) in [6, 6.07) is 15.5. The van der Waals surface area contributed by atoms with Gasteiger partial charge in [-0.2, -0.15) is 5.10 Å². The average Bonchev–Trinajstić information content (AvgIpc) is 2.60. The highest BCUT2D eigenvalue weighted by Crippen LogP contribution is 2.22. The lowest BCUT2D eigenvalue weighted by Gasteiger charge is -2.09. The summed E-state index contributed by atoms with van der Waals surface area (Å²) in [4.78, 5) is 11.8. The van der Waals surface area contributed by atoms with Crippen molar-refractivity contribution in [3.05, 3.63) is 59.7 Å². The van der Waals surface area contributed by atoms with E-state index in [1.807, 2.05) is 36.4 Å². The van der Waals surface area contributed by atoms with Crippen LogP contribution < -0.4 is 15.5 Å². The standard InChI is InChI=1S/C19H23N3O2/c1-14(2)16-10-8-15(9-11-16)12-21-22-19(23)13-20-17-6-4-5-7-18(17)24-3/h4-12,14,20H,13H2,1-3H3,(H,22,23)/b21-12-. The summed E-state index contributed by atoms with van der Waals surface area (Å²) in [7, 11) is 1.59. The number of para-hydroxylation sites is 2. The molecule has 0 aliphatic heterocycles. The minimum absolute atomic E-state index is 0.115. The predicted molar refractivity (Wildman–Crippen MR) is 97.8 cm³/mol. The number of hydrazone groups is 1. The summed E-state index contributed by atoms with van der Waals surface area (Å²) in [5.41, 5.74) is 5.49. The van der Waals surface area contributed by atoms with Crippen LogP contribution in [0.2, 0.25) is 0 Å². The summed E-state index contributed by atoms with van der Waals surface area (Å²) >= 11 is 0. The number of amides is 1. The van der Waals surface area contributed by atoms with Crippen LogP contribution >= 0.6 is 0 Å². The van der Waals surface area contributed by atoms with Crippen LogP contribution in [0.4, 0.5) is 5.69 Å². The molecule has 0 saturated heterocycles. The monoisotopic (exact) mass is 325 g/mol. The van der Waals surface area contributed by atoms with E-state index < -0.39 is 0 Å². The Balaban J connectivity index is 1.82. The van der Waals surface area contributed by atoms with Crippen molar-refractivity contribution in [2.45, 2.75) is 19.8 Å². The minimum atomic E-state index is -0.226. The molecule has 0 saturated carbocycles. The summed E-state index contributed by atoms with van der Waals surface area (Å²) in [5.74, 6) is 0.965. The van der Waals surface area contributed by atoms with Gasteiger partial charge in [-0.3, -0.25) is 4.79 Å². The number of nitrogens with zero attached hydrogens (tertiary/aromatic N) is 1. The Morgan fingerprint density at radius 1 is 1.17 bits per heavy atom. The minimum Gasteiger partial charge on any atom is -0.495 e. The Bertz CT molecular complexity index is 694. The number of carbonyl (C=O) groups is 1. The van der Waals surface area contributed by atoms with Crippen molar-refractivity contribution >= 4 is 17.8 Å². The fourth-order valence-electron chi connectivity index (χ4n) is 2.15. The van der Waals surface area contributed by atoms with Gasteiger partial charge in [0, 0.05) is 0 Å². The Morgan fingerprint density at radius 3 is 2.54 bits per heavy atom. The normalized spacial score (nSPS) is 10.8. The third-order valence-corrected chi connectivity index (χ3v) is 3.55. The van der Waals surface area contributed by atoms with Crippen LogP contribution in [0.1, 0.15) is 30.9 Å². The number of benzene rings is 2. The summed E-state index contributed by atoms with van der Waals surface area (Å²) in [6.45, 7) is 4.42. The molecule has 0 bridgehead atoms. The molecule has 2 aromatic rings. The van der Waals surface area contributed by atoms with Crippen molar-refractivity contribution < 1.29 is 9.53 Å². The largest absolute Gasteiger partial charge is 0.495 e. The van der Waals surface area contributed by atoms with Crippen molar-refractivity contribution in [1.29, 1.82) is 0 Å². The lowest BCUT2D eigenvalue weighted by atomic mass is 10.0. The molecule has 2 N–H and O–H groups in total. The average molecular weight is 325 g/mol. The van der Waals surface area contributed by atoms with Gasteiger partial charge in [0.15, 0.2) is 0 Å². The molecule has 1 amide bonds. The first-order chi connectivity index (χ1) is 11.6. The third-order valence-electron chi connectivity index (χ3n) is 3.55. The molecule has 2 aromatic carbocycles. The van der Waals surface area contributed by atoms with Gasteiger partial charge in [0.2, 0.25) is 0 Å². The molecule has 126 valence electrons. The molecule has 0 atom stereocenters. The van der Waals surface area contributed by atoms with E-state index in [1.54, 1.807) is 13.3 Å². The zero-order valence-electron chi connectivity index (χ0n) is 14.2. The fraction of sp³-hybridized carbons (Fsp3) is 0.263. The molecule has 0 aromatic heterocycles. The predicted octanol–water partition coefficient (Wildman–Crippen LogP) is 3.38. The topological polar surface area (TPSA) is 62.7 Å². The number of ether oxygens (including phenoxy) is 1. The van der Waals surface area contributed by atoms with Gasteiger partial charge in [0.1, 0.15) is 5.75 Å². The molecule has 0 heterocycles. The lowest BCUT2D eigenvalue weighted by Crippen LogP contribution is -2.26. The smallest absolute Gasteiger partial charge is 0.259 e. The molecule has 5 heteroatoms. The van der Waals surface area contributed by atoms with Crippen LogP contribution in [0.25, 0.3) is 0 Å². The molecule has 0 radical (unpaired) electrons. The molecule has 24 heavy (non-hydrogen) atoms. The van der Waals surface area contributed by atoms with E-state index in [0.717, 1.165) is 11.3 Å². The quantitative estimate of drug-likeness (QED) is 0.606. The zero-order valence-corrected chi connectivity index (χ0v) is 14.2. The second-order valence-corrected chi connectivity index (χ2v) is 5.67. The number of nitrogens with one attached hydrogen (secondary N) is 2. The Labute approximate surface area is 142 Å². The van der Waals surface area contributed by atoms with E-state index >= 15 is 0 Å². The van der Waals surface area contributed by atoms with E-state index in [9.17, 15) is 4.79 Å². The summed E-state index contributed by atoms with van der Waals surface area (Å²) < 4.78 is 5.22. The second-order valence-electron chi connectivity index (χ2n) is 5.67. The van der Waals surface area contributed by atoms with Gasteiger partial charge in [0.25, 0.3) is 5.91 Å². The van der Waals surface area contributed by atoms with Crippen LogP contribution in [0.3, 0.4) is 0 Å². The van der Waals surface area contributed by atoms with E-state index in [1.165, 1.54) is 5.56 Å². The van der Waals surface area contributed by atoms with Gasteiger partial charge in [-0.15, -0.1) is 0 Å². The molecular weight excluding hydrogens is 302 g/mol. The highest BCUT2D eigenvalue weighted by molar-refractivity contribution is 5.84. The van der Waals surface area contributed by atoms with Gasteiger partial charge in [-0.1, -0.05) is 50.2 Å². The van der Waals surface area contributed by atoms with E-state index in [4.69, 9.17) is 4.74 Å². The molecule has 0 spiro atoms.